The molecule has 0 saturated carbocycles. The summed E-state index contributed by atoms with van der Waals surface area (Å²) in [5.74, 6) is -0.942. The van der Waals surface area contributed by atoms with E-state index in [1.165, 1.54) is 0 Å². The van der Waals surface area contributed by atoms with E-state index in [0.29, 0.717) is 19.8 Å². The summed E-state index contributed by atoms with van der Waals surface area (Å²) in [7, 11) is 0. The second-order valence-corrected chi connectivity index (χ2v) is 3.88. The number of ether oxygens (including phenoxy) is 2. The average molecular weight is 234 g/mol. The van der Waals surface area contributed by atoms with Crippen LogP contribution in [-0.2, 0) is 20.9 Å². The van der Waals surface area contributed by atoms with E-state index < -0.39 is 5.97 Å². The van der Waals surface area contributed by atoms with Crippen molar-refractivity contribution in [1.29, 1.82) is 0 Å². The predicted molar refractivity (Wildman–Crippen MR) is 62.5 cm³/mol. The third-order valence-electron chi connectivity index (χ3n) is 2.49. The van der Waals surface area contributed by atoms with E-state index in [-0.39, 0.29) is 6.10 Å². The summed E-state index contributed by atoms with van der Waals surface area (Å²) in [5.41, 5.74) is 1.94. The number of hydrogen-bond donors (Lipinski definition) is 1. The fourth-order valence-electron chi connectivity index (χ4n) is 1.42. The van der Waals surface area contributed by atoms with Gasteiger partial charge in [-0.2, -0.15) is 0 Å². The Balaban J connectivity index is 1.86. The van der Waals surface area contributed by atoms with Gasteiger partial charge in [0.1, 0.15) is 6.10 Å². The van der Waals surface area contributed by atoms with Crippen molar-refractivity contribution in [2.24, 2.45) is 0 Å². The van der Waals surface area contributed by atoms with Crippen LogP contribution >= 0.6 is 0 Å². The molecule has 1 aliphatic heterocycles. The van der Waals surface area contributed by atoms with Crippen molar-refractivity contribution in [3.63, 3.8) is 0 Å². The van der Waals surface area contributed by atoms with Gasteiger partial charge in [-0.15, -0.1) is 0 Å². The molecule has 4 nitrogen and oxygen atoms in total. The van der Waals surface area contributed by atoms with Gasteiger partial charge in [0.15, 0.2) is 0 Å². The van der Waals surface area contributed by atoms with Crippen LogP contribution in [0.3, 0.4) is 0 Å². The van der Waals surface area contributed by atoms with Crippen LogP contribution in [0.5, 0.6) is 0 Å². The molecule has 0 aromatic heterocycles. The highest BCUT2D eigenvalue weighted by atomic mass is 16.6. The number of rotatable bonds is 5. The van der Waals surface area contributed by atoms with Gasteiger partial charge in [0, 0.05) is 6.08 Å². The quantitative estimate of drug-likeness (QED) is 0.788. The van der Waals surface area contributed by atoms with Gasteiger partial charge in [-0.25, -0.2) is 4.79 Å². The first kappa shape index (κ1) is 11.8. The molecule has 1 aromatic carbocycles. The third kappa shape index (κ3) is 3.69. The Morgan fingerprint density at radius 1 is 1.41 bits per heavy atom. The second-order valence-electron chi connectivity index (χ2n) is 3.88. The minimum absolute atomic E-state index is 0.224. The van der Waals surface area contributed by atoms with Gasteiger partial charge >= 0.3 is 5.97 Å². The molecule has 0 atom stereocenters. The number of carbonyl (C=O) groups is 1. The Morgan fingerprint density at radius 3 is 2.65 bits per heavy atom. The van der Waals surface area contributed by atoms with E-state index in [4.69, 9.17) is 14.6 Å². The Hall–Kier alpha value is -1.65. The van der Waals surface area contributed by atoms with Crippen LogP contribution in [0.15, 0.2) is 30.3 Å². The Bertz CT molecular complexity index is 404. The maximum atomic E-state index is 10.3. The van der Waals surface area contributed by atoms with Crippen LogP contribution in [0.1, 0.15) is 11.1 Å². The smallest absolute Gasteiger partial charge is 0.328 e. The summed E-state index contributed by atoms with van der Waals surface area (Å²) < 4.78 is 10.6. The molecule has 17 heavy (non-hydrogen) atoms. The summed E-state index contributed by atoms with van der Waals surface area (Å²) >= 11 is 0. The highest BCUT2D eigenvalue weighted by Gasteiger charge is 2.18. The van der Waals surface area contributed by atoms with E-state index in [2.05, 4.69) is 0 Å². The number of benzene rings is 1. The van der Waals surface area contributed by atoms with Crippen molar-refractivity contribution in [2.75, 3.05) is 13.2 Å². The van der Waals surface area contributed by atoms with E-state index in [9.17, 15) is 4.79 Å². The van der Waals surface area contributed by atoms with Crippen molar-refractivity contribution < 1.29 is 19.4 Å². The minimum atomic E-state index is -0.942. The van der Waals surface area contributed by atoms with Crippen LogP contribution in [0, 0.1) is 0 Å². The van der Waals surface area contributed by atoms with Crippen LogP contribution in [0.4, 0.5) is 0 Å². The molecule has 1 fully saturated rings. The standard InChI is InChI=1S/C13H14O4/c14-13(15)6-5-10-1-3-11(4-2-10)7-17-12-8-16-9-12/h1-6,12H,7-9H2,(H,14,15)/b6-5+. The monoisotopic (exact) mass is 234 g/mol. The van der Waals surface area contributed by atoms with Crippen LogP contribution < -0.4 is 0 Å². The lowest BCUT2D eigenvalue weighted by Gasteiger charge is -2.25. The molecule has 1 aliphatic rings. The van der Waals surface area contributed by atoms with Gasteiger partial charge in [0.05, 0.1) is 19.8 Å². The molecule has 4 heteroatoms. The molecule has 0 amide bonds. The molecule has 0 unspecified atom stereocenters. The minimum Gasteiger partial charge on any atom is -0.478 e. The normalized spacial score (nSPS) is 16.0. The predicted octanol–water partition coefficient (Wildman–Crippen LogP) is 1.70. The van der Waals surface area contributed by atoms with Crippen molar-refractivity contribution in [3.05, 3.63) is 41.5 Å². The average Bonchev–Trinajstić information content (AvgIpc) is 2.26. The lowest BCUT2D eigenvalue weighted by Crippen LogP contribution is -2.35. The van der Waals surface area contributed by atoms with E-state index in [1.807, 2.05) is 24.3 Å². The number of hydrogen-bond acceptors (Lipinski definition) is 3. The van der Waals surface area contributed by atoms with Crippen molar-refractivity contribution in [3.8, 4) is 0 Å². The first-order chi connectivity index (χ1) is 8.24. The first-order valence-electron chi connectivity index (χ1n) is 5.43. The molecule has 0 spiro atoms. The van der Waals surface area contributed by atoms with Gasteiger partial charge < -0.3 is 14.6 Å². The SMILES string of the molecule is O=C(O)/C=C/c1ccc(COC2COC2)cc1. The molecular weight excluding hydrogens is 220 g/mol. The third-order valence-corrected chi connectivity index (χ3v) is 2.49. The van der Waals surface area contributed by atoms with Crippen LogP contribution in [-0.4, -0.2) is 30.4 Å². The number of carboxylic acid groups (broad SMARTS) is 1. The van der Waals surface area contributed by atoms with E-state index in [1.54, 1.807) is 6.08 Å². The number of carboxylic acids is 1. The highest BCUT2D eigenvalue weighted by molar-refractivity contribution is 5.85. The maximum absolute atomic E-state index is 10.3. The number of aliphatic carboxylic acids is 1. The Morgan fingerprint density at radius 2 is 2.12 bits per heavy atom. The molecule has 0 aliphatic carbocycles. The lowest BCUT2D eigenvalue weighted by molar-refractivity contribution is -0.135. The summed E-state index contributed by atoms with van der Waals surface area (Å²) in [6.07, 6.45) is 2.91. The topological polar surface area (TPSA) is 55.8 Å². The summed E-state index contributed by atoms with van der Waals surface area (Å²) in [5, 5.41) is 8.49. The van der Waals surface area contributed by atoms with Crippen LogP contribution in [0.25, 0.3) is 6.08 Å². The maximum Gasteiger partial charge on any atom is 0.328 e. The molecule has 0 radical (unpaired) electrons. The first-order valence-corrected chi connectivity index (χ1v) is 5.43. The van der Waals surface area contributed by atoms with E-state index >= 15 is 0 Å². The highest BCUT2D eigenvalue weighted by Crippen LogP contribution is 2.11. The molecular formula is C13H14O4. The molecule has 1 N–H and O–H groups in total. The zero-order valence-corrected chi connectivity index (χ0v) is 9.33. The molecule has 1 heterocycles. The van der Waals surface area contributed by atoms with Gasteiger partial charge in [0.25, 0.3) is 0 Å². The molecule has 1 aromatic rings. The Labute approximate surface area is 99.5 Å². The molecule has 90 valence electrons. The molecule has 0 bridgehead atoms. The van der Waals surface area contributed by atoms with Gasteiger partial charge in [-0.3, -0.25) is 0 Å². The van der Waals surface area contributed by atoms with Crippen molar-refractivity contribution in [2.45, 2.75) is 12.7 Å². The van der Waals surface area contributed by atoms with E-state index in [0.717, 1.165) is 17.2 Å². The van der Waals surface area contributed by atoms with Crippen LogP contribution in [0.2, 0.25) is 0 Å². The van der Waals surface area contributed by atoms with Crippen molar-refractivity contribution >= 4 is 12.0 Å². The molecule has 1 saturated heterocycles. The fourth-order valence-corrected chi connectivity index (χ4v) is 1.42. The fraction of sp³-hybridized carbons (Fsp3) is 0.308. The van der Waals surface area contributed by atoms with Gasteiger partial charge in [0.2, 0.25) is 0 Å². The zero-order valence-electron chi connectivity index (χ0n) is 9.33. The second kappa shape index (κ2) is 5.61. The Kier molecular flexibility index (Phi) is 3.90. The van der Waals surface area contributed by atoms with Gasteiger partial charge in [-0.1, -0.05) is 24.3 Å². The summed E-state index contributed by atoms with van der Waals surface area (Å²) in [6.45, 7) is 1.93. The van der Waals surface area contributed by atoms with Crippen molar-refractivity contribution in [1.82, 2.24) is 0 Å². The van der Waals surface area contributed by atoms with Gasteiger partial charge in [-0.05, 0) is 17.2 Å². The summed E-state index contributed by atoms with van der Waals surface area (Å²) in [4.78, 5) is 10.3. The zero-order chi connectivity index (χ0) is 12.1. The largest absolute Gasteiger partial charge is 0.478 e. The lowest BCUT2D eigenvalue weighted by atomic mass is 10.1. The molecule has 2 rings (SSSR count). The summed E-state index contributed by atoms with van der Waals surface area (Å²) in [6, 6.07) is 7.60.